The number of nitrogens with one attached hydrogen (secondary N) is 1. The number of aliphatic carboxylic acids is 1. The molecule has 0 radical (unpaired) electrons. The van der Waals surface area contributed by atoms with E-state index in [1.54, 1.807) is 4.90 Å². The molecular formula is C26H28N2O5. The van der Waals surface area contributed by atoms with Crippen LogP contribution in [-0.2, 0) is 20.9 Å². The molecule has 0 unspecified atom stereocenters. The predicted octanol–water partition coefficient (Wildman–Crippen LogP) is 3.80. The first-order valence-corrected chi connectivity index (χ1v) is 11.3. The van der Waals surface area contributed by atoms with Crippen molar-refractivity contribution in [3.05, 3.63) is 71.5 Å². The summed E-state index contributed by atoms with van der Waals surface area (Å²) >= 11 is 0. The van der Waals surface area contributed by atoms with Crippen molar-refractivity contribution < 1.29 is 24.6 Å². The summed E-state index contributed by atoms with van der Waals surface area (Å²) < 4.78 is 0. The number of carboxylic acid groups (broad SMARTS) is 1. The van der Waals surface area contributed by atoms with Gasteiger partial charge in [-0.2, -0.15) is 0 Å². The number of hydrogen-bond acceptors (Lipinski definition) is 4. The number of aliphatic hydroxyl groups excluding tert-OH is 1. The maximum absolute atomic E-state index is 13.5. The zero-order chi connectivity index (χ0) is 23.4. The third-order valence-electron chi connectivity index (χ3n) is 6.63. The Balaban J connectivity index is 1.61. The summed E-state index contributed by atoms with van der Waals surface area (Å²) in [6.45, 7) is -0.300. The van der Waals surface area contributed by atoms with Crippen LogP contribution in [0.25, 0.3) is 11.1 Å². The average Bonchev–Trinajstić information content (AvgIpc) is 2.82. The molecule has 0 atom stereocenters. The zero-order valence-electron chi connectivity index (χ0n) is 18.4. The number of aliphatic hydroxyl groups is 1. The van der Waals surface area contributed by atoms with E-state index in [9.17, 15) is 19.5 Å². The largest absolute Gasteiger partial charge is 0.511 e. The van der Waals surface area contributed by atoms with Crippen molar-refractivity contribution in [3.8, 4) is 11.1 Å². The summed E-state index contributed by atoms with van der Waals surface area (Å²) in [4.78, 5) is 38.6. The monoisotopic (exact) mass is 448 g/mol. The van der Waals surface area contributed by atoms with Gasteiger partial charge >= 0.3 is 5.97 Å². The van der Waals surface area contributed by atoms with Gasteiger partial charge in [-0.05, 0) is 29.5 Å². The minimum atomic E-state index is -1.22. The molecule has 172 valence electrons. The zero-order valence-corrected chi connectivity index (χ0v) is 18.4. The number of carboxylic acids is 1. The fourth-order valence-corrected chi connectivity index (χ4v) is 4.95. The van der Waals surface area contributed by atoms with Gasteiger partial charge in [0.2, 0.25) is 0 Å². The van der Waals surface area contributed by atoms with Crippen LogP contribution in [0.5, 0.6) is 0 Å². The molecule has 2 amide bonds. The summed E-state index contributed by atoms with van der Waals surface area (Å²) in [5.74, 6) is -2.86. The highest BCUT2D eigenvalue weighted by atomic mass is 16.4. The third-order valence-corrected chi connectivity index (χ3v) is 6.63. The number of rotatable bonds is 6. The van der Waals surface area contributed by atoms with E-state index in [1.807, 2.05) is 54.6 Å². The number of hydrogen-bond donors (Lipinski definition) is 3. The summed E-state index contributed by atoms with van der Waals surface area (Å²) in [5.41, 5.74) is 2.22. The van der Waals surface area contributed by atoms with Crippen LogP contribution in [0.2, 0.25) is 0 Å². The van der Waals surface area contributed by atoms with Crippen LogP contribution in [0.3, 0.4) is 0 Å². The first-order chi connectivity index (χ1) is 15.9. The van der Waals surface area contributed by atoms with Crippen LogP contribution in [0.15, 0.2) is 65.9 Å². The van der Waals surface area contributed by atoms with Crippen LogP contribution in [0, 0.1) is 0 Å². The molecule has 1 aliphatic heterocycles. The molecule has 1 aliphatic carbocycles. The molecule has 0 saturated heterocycles. The molecule has 1 heterocycles. The maximum Gasteiger partial charge on any atom is 0.322 e. The van der Waals surface area contributed by atoms with Crippen molar-refractivity contribution in [2.45, 2.75) is 50.6 Å². The molecule has 1 fully saturated rings. The Hall–Kier alpha value is -3.61. The Labute approximate surface area is 192 Å². The predicted molar refractivity (Wildman–Crippen MR) is 123 cm³/mol. The lowest BCUT2D eigenvalue weighted by Gasteiger charge is -2.49. The van der Waals surface area contributed by atoms with Crippen LogP contribution in [0.1, 0.15) is 44.1 Å². The van der Waals surface area contributed by atoms with Crippen LogP contribution >= 0.6 is 0 Å². The van der Waals surface area contributed by atoms with E-state index in [-0.39, 0.29) is 17.8 Å². The molecule has 3 N–H and O–H groups in total. The van der Waals surface area contributed by atoms with Gasteiger partial charge in [0, 0.05) is 13.0 Å². The van der Waals surface area contributed by atoms with Gasteiger partial charge in [-0.3, -0.25) is 14.4 Å². The van der Waals surface area contributed by atoms with Crippen molar-refractivity contribution in [1.29, 1.82) is 0 Å². The maximum atomic E-state index is 13.5. The van der Waals surface area contributed by atoms with Gasteiger partial charge in [0.25, 0.3) is 11.8 Å². The summed E-state index contributed by atoms with van der Waals surface area (Å²) in [7, 11) is 0. The second-order valence-corrected chi connectivity index (χ2v) is 8.81. The molecule has 2 aromatic carbocycles. The molecule has 7 nitrogen and oxygen atoms in total. The van der Waals surface area contributed by atoms with E-state index in [0.29, 0.717) is 6.54 Å². The number of amides is 2. The highest BCUT2D eigenvalue weighted by Crippen LogP contribution is 2.43. The molecule has 2 aliphatic rings. The van der Waals surface area contributed by atoms with Gasteiger partial charge in [0.05, 0.1) is 5.54 Å². The second-order valence-electron chi connectivity index (χ2n) is 8.81. The molecule has 2 aromatic rings. The molecule has 1 saturated carbocycles. The van der Waals surface area contributed by atoms with Gasteiger partial charge in [-0.1, -0.05) is 73.9 Å². The Morgan fingerprint density at radius 2 is 1.58 bits per heavy atom. The van der Waals surface area contributed by atoms with Gasteiger partial charge in [-0.15, -0.1) is 0 Å². The number of carbonyl (C=O) groups is 3. The molecule has 0 aromatic heterocycles. The smallest absolute Gasteiger partial charge is 0.322 e. The SMILES string of the molecule is O=C(O)CNC(=O)C1=C(O)CC2(CCCCC2)N(Cc2ccc(-c3ccccc3)cc2)C1=O. The van der Waals surface area contributed by atoms with Crippen molar-refractivity contribution in [2.24, 2.45) is 0 Å². The van der Waals surface area contributed by atoms with Crippen LogP contribution < -0.4 is 5.32 Å². The molecular weight excluding hydrogens is 420 g/mol. The molecule has 1 spiro atoms. The fraction of sp³-hybridized carbons (Fsp3) is 0.346. The third kappa shape index (κ3) is 4.77. The Kier molecular flexibility index (Phi) is 6.49. The average molecular weight is 449 g/mol. The van der Waals surface area contributed by atoms with Gasteiger partial charge < -0.3 is 20.4 Å². The van der Waals surface area contributed by atoms with Crippen molar-refractivity contribution in [3.63, 3.8) is 0 Å². The first kappa shape index (κ1) is 22.6. The molecule has 7 heteroatoms. The Morgan fingerprint density at radius 1 is 0.939 bits per heavy atom. The normalized spacial score (nSPS) is 17.8. The van der Waals surface area contributed by atoms with E-state index in [2.05, 4.69) is 5.32 Å². The van der Waals surface area contributed by atoms with Gasteiger partial charge in [-0.25, -0.2) is 0 Å². The Morgan fingerprint density at radius 3 is 2.21 bits per heavy atom. The lowest BCUT2D eigenvalue weighted by atomic mass is 9.74. The summed E-state index contributed by atoms with van der Waals surface area (Å²) in [6, 6.07) is 18.0. The Bertz CT molecular complexity index is 1070. The minimum Gasteiger partial charge on any atom is -0.511 e. The van der Waals surface area contributed by atoms with E-state index in [1.165, 1.54) is 0 Å². The van der Waals surface area contributed by atoms with E-state index >= 15 is 0 Å². The van der Waals surface area contributed by atoms with E-state index in [0.717, 1.165) is 48.8 Å². The number of benzene rings is 2. The fourth-order valence-electron chi connectivity index (χ4n) is 4.95. The van der Waals surface area contributed by atoms with E-state index < -0.39 is 29.9 Å². The standard InChI is InChI=1S/C26H28N2O5/c29-21-15-26(13-5-2-6-14-26)28(25(33)23(21)24(32)27-16-22(30)31)17-18-9-11-20(12-10-18)19-7-3-1-4-8-19/h1,3-4,7-12,29H,2,5-6,13-17H2,(H,27,32)(H,30,31). The highest BCUT2D eigenvalue weighted by molar-refractivity contribution is 6.19. The van der Waals surface area contributed by atoms with E-state index in [4.69, 9.17) is 5.11 Å². The number of nitrogens with zero attached hydrogens (tertiary/aromatic N) is 1. The molecule has 33 heavy (non-hydrogen) atoms. The van der Waals surface area contributed by atoms with Crippen LogP contribution in [-0.4, -0.2) is 45.0 Å². The van der Waals surface area contributed by atoms with Gasteiger partial charge in [0.15, 0.2) is 0 Å². The van der Waals surface area contributed by atoms with Crippen LogP contribution in [0.4, 0.5) is 0 Å². The summed E-state index contributed by atoms with van der Waals surface area (Å²) in [5, 5.41) is 21.7. The second kappa shape index (κ2) is 9.48. The number of carbonyl (C=O) groups excluding carboxylic acids is 2. The first-order valence-electron chi connectivity index (χ1n) is 11.3. The highest BCUT2D eigenvalue weighted by Gasteiger charge is 2.48. The minimum absolute atomic E-state index is 0.205. The summed E-state index contributed by atoms with van der Waals surface area (Å²) in [6.07, 6.45) is 4.70. The lowest BCUT2D eigenvalue weighted by Crippen LogP contribution is -2.57. The lowest BCUT2D eigenvalue weighted by molar-refractivity contribution is -0.142. The van der Waals surface area contributed by atoms with Gasteiger partial charge in [0.1, 0.15) is 17.9 Å². The molecule has 4 rings (SSSR count). The van der Waals surface area contributed by atoms with Crippen molar-refractivity contribution in [2.75, 3.05) is 6.54 Å². The van der Waals surface area contributed by atoms with Crippen molar-refractivity contribution in [1.82, 2.24) is 10.2 Å². The van der Waals surface area contributed by atoms with Crippen molar-refractivity contribution >= 4 is 17.8 Å². The molecule has 0 bridgehead atoms. The topological polar surface area (TPSA) is 107 Å². The quantitative estimate of drug-likeness (QED) is 0.583.